The van der Waals surface area contributed by atoms with Crippen molar-refractivity contribution in [1.29, 1.82) is 0 Å². The highest BCUT2D eigenvalue weighted by molar-refractivity contribution is 5.95. The Morgan fingerprint density at radius 3 is 2.61 bits per heavy atom. The van der Waals surface area contributed by atoms with Crippen molar-refractivity contribution < 1.29 is 4.79 Å². The first-order chi connectivity index (χ1) is 13.1. The molecule has 0 unspecified atom stereocenters. The lowest BCUT2D eigenvalue weighted by Gasteiger charge is -2.22. The number of hydrogen-bond donors (Lipinski definition) is 2. The van der Waals surface area contributed by atoms with Gasteiger partial charge in [0, 0.05) is 19.2 Å². The van der Waals surface area contributed by atoms with E-state index < -0.39 is 0 Å². The lowest BCUT2D eigenvalue weighted by Crippen LogP contribution is -2.32. The topological polar surface area (TPSA) is 110 Å². The molecule has 9 heteroatoms. The number of H-pyrrole nitrogens is 1. The monoisotopic (exact) mass is 402 g/mol. The molecule has 0 bridgehead atoms. The molecule has 8 nitrogen and oxygen atoms in total. The summed E-state index contributed by atoms with van der Waals surface area (Å²) in [7, 11) is 0. The third-order valence-electron chi connectivity index (χ3n) is 4.26. The number of nitrogens with zero attached hydrogens (tertiary/aromatic N) is 4. The maximum atomic E-state index is 13.1. The first-order valence-electron chi connectivity index (χ1n) is 8.74. The number of aromatic nitrogens is 4. The Hall–Kier alpha value is -2.97. The molecule has 0 atom stereocenters. The van der Waals surface area contributed by atoms with Crippen molar-refractivity contribution in [3.8, 4) is 5.82 Å². The van der Waals surface area contributed by atoms with E-state index in [9.17, 15) is 9.59 Å². The molecule has 0 radical (unpaired) electrons. The molecule has 3 N–H and O–H groups in total. The molecule has 0 aliphatic rings. The average molecular weight is 403 g/mol. The Morgan fingerprint density at radius 2 is 1.96 bits per heavy atom. The first kappa shape index (κ1) is 21.3. The third kappa shape index (κ3) is 4.85. The minimum Gasteiger partial charge on any atom is -0.334 e. The Labute approximate surface area is 168 Å². The molecule has 148 valence electrons. The third-order valence-corrected chi connectivity index (χ3v) is 4.26. The maximum absolute atomic E-state index is 13.1. The van der Waals surface area contributed by atoms with Gasteiger partial charge in [0.1, 0.15) is 0 Å². The largest absolute Gasteiger partial charge is 0.334 e. The fraction of sp³-hybridized carbons (Fsp3) is 0.263. The lowest BCUT2D eigenvalue weighted by molar-refractivity contribution is 0.0741. The van der Waals surface area contributed by atoms with Gasteiger partial charge in [-0.25, -0.2) is 9.78 Å². The van der Waals surface area contributed by atoms with Crippen LogP contribution in [0.15, 0.2) is 53.5 Å². The maximum Gasteiger partial charge on any atom is 0.264 e. The van der Waals surface area contributed by atoms with E-state index in [1.54, 1.807) is 17.9 Å². The number of halogens is 1. The molecule has 0 aliphatic heterocycles. The number of carbonyl (C=O) groups is 1. The van der Waals surface area contributed by atoms with Gasteiger partial charge in [-0.15, -0.1) is 12.4 Å². The molecular weight excluding hydrogens is 380 g/mol. The number of rotatable bonds is 7. The van der Waals surface area contributed by atoms with E-state index in [-0.39, 0.29) is 23.9 Å². The summed E-state index contributed by atoms with van der Waals surface area (Å²) in [6.45, 7) is 3.38. The van der Waals surface area contributed by atoms with Crippen LogP contribution in [-0.4, -0.2) is 43.9 Å². The number of nitrogens with two attached hydrogens (primary N) is 1. The summed E-state index contributed by atoms with van der Waals surface area (Å²) in [6.07, 6.45) is 2.25. The summed E-state index contributed by atoms with van der Waals surface area (Å²) in [5.74, 6) is 0.336. The minimum atomic E-state index is -0.296. The first-order valence-corrected chi connectivity index (χ1v) is 8.74. The van der Waals surface area contributed by atoms with Gasteiger partial charge in [0.2, 0.25) is 0 Å². The molecule has 2 aromatic heterocycles. The quantitative estimate of drug-likeness (QED) is 0.624. The highest BCUT2D eigenvalue weighted by atomic mass is 35.5. The highest BCUT2D eigenvalue weighted by Gasteiger charge is 2.21. The molecule has 3 aromatic rings. The number of amides is 1. The summed E-state index contributed by atoms with van der Waals surface area (Å²) in [4.78, 5) is 26.1. The van der Waals surface area contributed by atoms with Crippen LogP contribution in [0.2, 0.25) is 0 Å². The van der Waals surface area contributed by atoms with Gasteiger partial charge >= 0.3 is 0 Å². The van der Waals surface area contributed by atoms with Crippen molar-refractivity contribution in [1.82, 2.24) is 24.9 Å². The molecule has 0 aliphatic carbocycles. The van der Waals surface area contributed by atoms with E-state index in [1.807, 2.05) is 30.3 Å². The lowest BCUT2D eigenvalue weighted by atomic mass is 10.1. The van der Waals surface area contributed by atoms with E-state index in [2.05, 4.69) is 15.3 Å². The van der Waals surface area contributed by atoms with Crippen molar-refractivity contribution in [3.63, 3.8) is 0 Å². The molecule has 2 heterocycles. The number of aromatic amines is 1. The molecule has 28 heavy (non-hydrogen) atoms. The van der Waals surface area contributed by atoms with Crippen LogP contribution in [-0.2, 0) is 6.54 Å². The Balaban J connectivity index is 0.00000280. The summed E-state index contributed by atoms with van der Waals surface area (Å²) in [5, 5.41) is 10.6. The van der Waals surface area contributed by atoms with Gasteiger partial charge in [-0.1, -0.05) is 30.3 Å². The Bertz CT molecular complexity index is 950. The predicted molar refractivity (Wildman–Crippen MR) is 109 cm³/mol. The minimum absolute atomic E-state index is 0. The predicted octanol–water partition coefficient (Wildman–Crippen LogP) is 1.68. The zero-order valence-corrected chi connectivity index (χ0v) is 16.4. The normalized spacial score (nSPS) is 10.4. The van der Waals surface area contributed by atoms with Crippen LogP contribution in [0.5, 0.6) is 0 Å². The van der Waals surface area contributed by atoms with Crippen molar-refractivity contribution in [2.75, 3.05) is 13.1 Å². The van der Waals surface area contributed by atoms with Gasteiger partial charge in [0.15, 0.2) is 5.82 Å². The highest BCUT2D eigenvalue weighted by Crippen LogP contribution is 2.16. The van der Waals surface area contributed by atoms with Crippen molar-refractivity contribution in [2.24, 2.45) is 5.73 Å². The number of benzene rings is 1. The smallest absolute Gasteiger partial charge is 0.264 e. The molecular formula is C19H23ClN6O2. The Kier molecular flexibility index (Phi) is 7.48. The van der Waals surface area contributed by atoms with E-state index >= 15 is 0 Å². The van der Waals surface area contributed by atoms with Gasteiger partial charge in [-0.3, -0.25) is 9.59 Å². The molecule has 0 saturated carbocycles. The van der Waals surface area contributed by atoms with Crippen LogP contribution in [0.3, 0.4) is 0 Å². The van der Waals surface area contributed by atoms with Crippen LogP contribution in [0.1, 0.15) is 28.0 Å². The average Bonchev–Trinajstić information content (AvgIpc) is 3.07. The fourth-order valence-electron chi connectivity index (χ4n) is 2.81. The number of nitrogens with one attached hydrogen (secondary N) is 1. The molecule has 3 rings (SSSR count). The summed E-state index contributed by atoms with van der Waals surface area (Å²) >= 11 is 0. The van der Waals surface area contributed by atoms with Gasteiger partial charge in [-0.05, 0) is 31.5 Å². The molecule has 0 saturated heterocycles. The van der Waals surface area contributed by atoms with Crippen molar-refractivity contribution >= 4 is 18.3 Å². The summed E-state index contributed by atoms with van der Waals surface area (Å²) in [5.41, 5.74) is 7.55. The van der Waals surface area contributed by atoms with Gasteiger partial charge in [0.05, 0.1) is 17.5 Å². The van der Waals surface area contributed by atoms with Crippen LogP contribution in [0.4, 0.5) is 0 Å². The molecule has 0 spiro atoms. The van der Waals surface area contributed by atoms with Crippen LogP contribution < -0.4 is 11.3 Å². The Morgan fingerprint density at radius 1 is 1.21 bits per heavy atom. The van der Waals surface area contributed by atoms with Crippen LogP contribution in [0, 0.1) is 6.92 Å². The second-order valence-electron chi connectivity index (χ2n) is 6.19. The number of carbonyl (C=O) groups excluding carboxylic acids is 1. The molecule has 1 aromatic carbocycles. The zero-order chi connectivity index (χ0) is 19.2. The van der Waals surface area contributed by atoms with Gasteiger partial charge < -0.3 is 10.6 Å². The molecule has 1 amide bonds. The second kappa shape index (κ2) is 9.82. The van der Waals surface area contributed by atoms with Crippen molar-refractivity contribution in [3.05, 3.63) is 75.8 Å². The second-order valence-corrected chi connectivity index (χ2v) is 6.19. The standard InChI is InChI=1S/C19H22N6O2.ClH/c1-14-16(12-21-25(14)17-8-9-18(26)23-22-17)19(27)24(11-5-10-20)13-15-6-3-2-4-7-15;/h2-4,6-9,12H,5,10-11,13,20H2,1H3,(H,23,26);1H. The van der Waals surface area contributed by atoms with E-state index in [0.717, 1.165) is 5.56 Å². The van der Waals surface area contributed by atoms with E-state index in [0.29, 0.717) is 43.1 Å². The summed E-state index contributed by atoms with van der Waals surface area (Å²) < 4.78 is 1.53. The van der Waals surface area contributed by atoms with Crippen molar-refractivity contribution in [2.45, 2.75) is 19.9 Å². The van der Waals surface area contributed by atoms with Gasteiger partial charge in [0.25, 0.3) is 11.5 Å². The zero-order valence-electron chi connectivity index (χ0n) is 15.5. The van der Waals surface area contributed by atoms with E-state index in [4.69, 9.17) is 5.73 Å². The van der Waals surface area contributed by atoms with Crippen LogP contribution in [0.25, 0.3) is 5.82 Å². The van der Waals surface area contributed by atoms with Crippen LogP contribution >= 0.6 is 12.4 Å². The van der Waals surface area contributed by atoms with Gasteiger partial charge in [-0.2, -0.15) is 10.2 Å². The fourth-order valence-corrected chi connectivity index (χ4v) is 2.81. The summed E-state index contributed by atoms with van der Waals surface area (Å²) in [6, 6.07) is 12.8. The molecule has 0 fully saturated rings. The SMILES string of the molecule is Cc1c(C(=O)N(CCCN)Cc2ccccc2)cnn1-c1ccc(=O)[nH]n1.Cl. The van der Waals surface area contributed by atoms with E-state index in [1.165, 1.54) is 16.9 Å². The number of hydrogen-bond acceptors (Lipinski definition) is 5.